The van der Waals surface area contributed by atoms with Crippen molar-refractivity contribution in [1.29, 1.82) is 0 Å². The molecular formula is C63H35F6N5. The maximum atomic E-state index is 15.3. The van der Waals surface area contributed by atoms with E-state index in [1.165, 1.54) is 0 Å². The van der Waals surface area contributed by atoms with Gasteiger partial charge in [0.2, 0.25) is 0 Å². The molecule has 74 heavy (non-hydrogen) atoms. The number of alkyl halides is 6. The second kappa shape index (κ2) is 15.7. The largest absolute Gasteiger partial charge is 0.416 e. The van der Waals surface area contributed by atoms with Gasteiger partial charge in [0, 0.05) is 54.5 Å². The molecule has 14 aromatic rings. The van der Waals surface area contributed by atoms with E-state index in [0.717, 1.165) is 99.1 Å². The SMILES string of the molecule is [C-]#[N+]c1cc(-n2c3ccccc3c3ccc(-n4c5ccccc5c5ccccc54)cc32)c(-n2c3ccccc3c3ccc(-n4c5ccccc5c5ccccc54)cc32)cc1-c1ccc(C(F)(F)F)cc1C(F)(F)F. The minimum absolute atomic E-state index is 0.137. The minimum atomic E-state index is -5.21. The van der Waals surface area contributed by atoms with Crippen LogP contribution in [0.5, 0.6) is 0 Å². The predicted octanol–water partition coefficient (Wildman–Crippen LogP) is 18.3. The summed E-state index contributed by atoms with van der Waals surface area (Å²) in [4.78, 5) is 3.88. The van der Waals surface area contributed by atoms with Crippen molar-refractivity contribution in [2.45, 2.75) is 12.4 Å². The lowest BCUT2D eigenvalue weighted by Crippen LogP contribution is -2.12. The average Bonchev–Trinajstić information content (AvgIpc) is 4.14. The quantitative estimate of drug-likeness (QED) is 0.121. The summed E-state index contributed by atoms with van der Waals surface area (Å²) < 4.78 is 96.9. The summed E-state index contributed by atoms with van der Waals surface area (Å²) in [7, 11) is 0. The van der Waals surface area contributed by atoms with Crippen molar-refractivity contribution in [3.05, 3.63) is 235 Å². The Labute approximate surface area is 417 Å². The smallest absolute Gasteiger partial charge is 0.309 e. The lowest BCUT2D eigenvalue weighted by Gasteiger charge is -2.22. The molecule has 5 nitrogen and oxygen atoms in total. The number of hydrogen-bond donors (Lipinski definition) is 0. The van der Waals surface area contributed by atoms with Crippen molar-refractivity contribution in [3.63, 3.8) is 0 Å². The third-order valence-electron chi connectivity index (χ3n) is 14.6. The number of hydrogen-bond acceptors (Lipinski definition) is 0. The first kappa shape index (κ1) is 43.3. The maximum Gasteiger partial charge on any atom is 0.416 e. The molecule has 0 atom stereocenters. The van der Waals surface area contributed by atoms with Gasteiger partial charge in [0.25, 0.3) is 0 Å². The zero-order valence-electron chi connectivity index (χ0n) is 38.7. The molecule has 0 unspecified atom stereocenters. The average molecular weight is 976 g/mol. The van der Waals surface area contributed by atoms with E-state index in [-0.39, 0.29) is 17.3 Å². The van der Waals surface area contributed by atoms with Crippen molar-refractivity contribution >= 4 is 92.9 Å². The molecular weight excluding hydrogens is 941 g/mol. The molecule has 0 aliphatic heterocycles. The molecule has 0 amide bonds. The van der Waals surface area contributed by atoms with E-state index < -0.39 is 29.0 Å². The second-order valence-corrected chi connectivity index (χ2v) is 18.6. The molecule has 10 aromatic carbocycles. The van der Waals surface area contributed by atoms with Gasteiger partial charge in [-0.25, -0.2) is 4.85 Å². The van der Waals surface area contributed by atoms with Gasteiger partial charge in [-0.1, -0.05) is 127 Å². The molecule has 0 saturated heterocycles. The van der Waals surface area contributed by atoms with Crippen molar-refractivity contribution in [2.24, 2.45) is 0 Å². The van der Waals surface area contributed by atoms with Crippen LogP contribution in [0.4, 0.5) is 32.0 Å². The topological polar surface area (TPSA) is 24.1 Å². The summed E-state index contributed by atoms with van der Waals surface area (Å²) >= 11 is 0. The van der Waals surface area contributed by atoms with Gasteiger partial charge < -0.3 is 18.3 Å². The van der Waals surface area contributed by atoms with Gasteiger partial charge in [0.15, 0.2) is 5.69 Å². The third kappa shape index (κ3) is 6.31. The van der Waals surface area contributed by atoms with E-state index in [9.17, 15) is 13.2 Å². The van der Waals surface area contributed by atoms with Crippen molar-refractivity contribution in [2.75, 3.05) is 0 Å². The van der Waals surface area contributed by atoms with Gasteiger partial charge in [0.1, 0.15) is 0 Å². The van der Waals surface area contributed by atoms with Crippen LogP contribution in [-0.2, 0) is 12.4 Å². The molecule has 0 radical (unpaired) electrons. The molecule has 4 aromatic heterocycles. The summed E-state index contributed by atoms with van der Waals surface area (Å²) in [5, 5.41) is 7.79. The number of fused-ring (bicyclic) bond motifs is 12. The fourth-order valence-corrected chi connectivity index (χ4v) is 11.5. The zero-order valence-corrected chi connectivity index (χ0v) is 38.7. The van der Waals surface area contributed by atoms with Crippen LogP contribution >= 0.6 is 0 Å². The van der Waals surface area contributed by atoms with Crippen LogP contribution < -0.4 is 0 Å². The van der Waals surface area contributed by atoms with Crippen LogP contribution in [0.15, 0.2) is 212 Å². The van der Waals surface area contributed by atoms with E-state index in [0.29, 0.717) is 23.0 Å². The molecule has 0 spiro atoms. The minimum Gasteiger partial charge on any atom is -0.309 e. The lowest BCUT2D eigenvalue weighted by atomic mass is 9.94. The third-order valence-corrected chi connectivity index (χ3v) is 14.6. The number of nitrogens with zero attached hydrogens (tertiary/aromatic N) is 5. The highest BCUT2D eigenvalue weighted by atomic mass is 19.4. The Kier molecular flexibility index (Phi) is 9.20. The van der Waals surface area contributed by atoms with Gasteiger partial charge in [-0.15, -0.1) is 0 Å². The summed E-state index contributed by atoms with van der Waals surface area (Å²) in [6.45, 7) is 8.62. The van der Waals surface area contributed by atoms with E-state index in [1.54, 1.807) is 12.1 Å². The maximum absolute atomic E-state index is 15.3. The first-order valence-electron chi connectivity index (χ1n) is 23.8. The highest BCUT2D eigenvalue weighted by Crippen LogP contribution is 2.48. The fourth-order valence-electron chi connectivity index (χ4n) is 11.5. The Balaban J connectivity index is 1.13. The molecule has 11 heteroatoms. The van der Waals surface area contributed by atoms with Crippen molar-refractivity contribution < 1.29 is 26.3 Å². The van der Waals surface area contributed by atoms with Gasteiger partial charge in [-0.05, 0) is 96.1 Å². The molecule has 4 heterocycles. The molecule has 0 aliphatic rings. The Morgan fingerprint density at radius 3 is 1.03 bits per heavy atom. The van der Waals surface area contributed by atoms with Crippen LogP contribution in [0.2, 0.25) is 0 Å². The van der Waals surface area contributed by atoms with Crippen LogP contribution in [0.3, 0.4) is 0 Å². The van der Waals surface area contributed by atoms with E-state index in [1.807, 2.05) is 102 Å². The highest BCUT2D eigenvalue weighted by Gasteiger charge is 2.39. The van der Waals surface area contributed by atoms with Gasteiger partial charge in [-0.2, -0.15) is 26.3 Å². The Morgan fingerprint density at radius 1 is 0.311 bits per heavy atom. The highest BCUT2D eigenvalue weighted by molar-refractivity contribution is 6.15. The number of rotatable bonds is 5. The van der Waals surface area contributed by atoms with E-state index >= 15 is 13.2 Å². The summed E-state index contributed by atoms with van der Waals surface area (Å²) in [5.41, 5.74) is 5.62. The van der Waals surface area contributed by atoms with Crippen molar-refractivity contribution in [3.8, 4) is 33.9 Å². The van der Waals surface area contributed by atoms with Gasteiger partial charge in [-0.3, -0.25) is 0 Å². The molecule has 0 saturated carbocycles. The lowest BCUT2D eigenvalue weighted by molar-refractivity contribution is -0.142. The summed E-state index contributed by atoms with van der Waals surface area (Å²) in [5.74, 6) is 0. The van der Waals surface area contributed by atoms with E-state index in [2.05, 4.69) is 103 Å². The fraction of sp³-hybridized carbons (Fsp3) is 0.0317. The first-order valence-corrected chi connectivity index (χ1v) is 23.8. The molecule has 14 rings (SSSR count). The standard InChI is InChI=1S/C63H35F6N5/c1-70-51-36-61(74-57-25-13-7-19-46(57)48-31-28-39(34-59(48)74)72-54-22-10-4-16-43(54)44-17-5-11-23-55(44)72)60(35-49(51)40-29-26-37(62(64,65)66)32-50(40)63(67,68)69)73-56-24-12-6-18-45(56)47-30-27-38(33-58(47)73)71-52-20-8-2-14-41(52)42-15-3-9-21-53(42)71/h2-36H. The Morgan fingerprint density at radius 2 is 0.662 bits per heavy atom. The first-order chi connectivity index (χ1) is 36.0. The van der Waals surface area contributed by atoms with Crippen LogP contribution in [-0.4, -0.2) is 18.3 Å². The normalized spacial score (nSPS) is 12.4. The monoisotopic (exact) mass is 975 g/mol. The predicted molar refractivity (Wildman–Crippen MR) is 286 cm³/mol. The summed E-state index contributed by atoms with van der Waals surface area (Å²) in [6, 6.07) is 65.6. The molecule has 354 valence electrons. The van der Waals surface area contributed by atoms with E-state index in [4.69, 9.17) is 6.57 Å². The van der Waals surface area contributed by atoms with Gasteiger partial charge in [0.05, 0.1) is 73.2 Å². The van der Waals surface area contributed by atoms with Crippen LogP contribution in [0, 0.1) is 6.57 Å². The number of para-hydroxylation sites is 6. The second-order valence-electron chi connectivity index (χ2n) is 18.6. The van der Waals surface area contributed by atoms with Crippen LogP contribution in [0.25, 0.3) is 126 Å². The molecule has 0 fully saturated rings. The summed E-state index contributed by atoms with van der Waals surface area (Å²) in [6.07, 6.45) is -10.3. The number of benzene rings is 10. The Bertz CT molecular complexity index is 4620. The van der Waals surface area contributed by atoms with Crippen molar-refractivity contribution in [1.82, 2.24) is 18.3 Å². The van der Waals surface area contributed by atoms with Gasteiger partial charge >= 0.3 is 12.4 Å². The number of aromatic nitrogens is 4. The zero-order chi connectivity index (χ0) is 50.2. The molecule has 0 aliphatic carbocycles. The Hall–Kier alpha value is -9.53. The molecule has 0 bridgehead atoms. The van der Waals surface area contributed by atoms with Crippen LogP contribution in [0.1, 0.15) is 11.1 Å². The molecule has 0 N–H and O–H groups in total. The number of halogens is 6.